The number of carbonyl (C=O) groups is 1. The molecule has 1 aliphatic rings. The SMILES string of the molecule is CCN1C/C(=C\c2ccc(O)c(OC)c2)C(=O)/C(=C/c2ccc(O)c(OC)c2)C1. The van der Waals surface area contributed by atoms with Crippen molar-refractivity contribution in [2.75, 3.05) is 33.9 Å². The molecule has 2 aromatic carbocycles. The Kier molecular flexibility index (Phi) is 6.24. The number of carbonyl (C=O) groups excluding carboxylic acids is 1. The molecule has 6 nitrogen and oxygen atoms in total. The van der Waals surface area contributed by atoms with Crippen LogP contribution in [0.1, 0.15) is 18.1 Å². The number of nitrogens with zero attached hydrogens (tertiary/aromatic N) is 1. The van der Waals surface area contributed by atoms with Gasteiger partial charge in [-0.25, -0.2) is 0 Å². The van der Waals surface area contributed by atoms with Crippen LogP contribution < -0.4 is 9.47 Å². The molecule has 0 amide bonds. The quantitative estimate of drug-likeness (QED) is 0.755. The monoisotopic (exact) mass is 395 g/mol. The molecule has 29 heavy (non-hydrogen) atoms. The fourth-order valence-electron chi connectivity index (χ4n) is 3.30. The zero-order chi connectivity index (χ0) is 21.0. The first-order chi connectivity index (χ1) is 13.9. The van der Waals surface area contributed by atoms with Crippen molar-refractivity contribution >= 4 is 17.9 Å². The van der Waals surface area contributed by atoms with E-state index in [9.17, 15) is 15.0 Å². The first kappa shape index (κ1) is 20.5. The molecule has 1 heterocycles. The molecule has 2 N–H and O–H groups in total. The zero-order valence-electron chi connectivity index (χ0n) is 16.8. The molecule has 3 rings (SSSR count). The average molecular weight is 395 g/mol. The van der Waals surface area contributed by atoms with Crippen molar-refractivity contribution in [2.24, 2.45) is 0 Å². The van der Waals surface area contributed by atoms with E-state index < -0.39 is 0 Å². The lowest BCUT2D eigenvalue weighted by molar-refractivity contribution is -0.113. The van der Waals surface area contributed by atoms with Gasteiger partial charge in [-0.1, -0.05) is 19.1 Å². The largest absolute Gasteiger partial charge is 0.504 e. The van der Waals surface area contributed by atoms with Crippen LogP contribution in [0, 0.1) is 0 Å². The maximum atomic E-state index is 13.1. The summed E-state index contributed by atoms with van der Waals surface area (Å²) in [6, 6.07) is 10.0. The van der Waals surface area contributed by atoms with E-state index in [0.717, 1.165) is 17.7 Å². The highest BCUT2D eigenvalue weighted by atomic mass is 16.5. The summed E-state index contributed by atoms with van der Waals surface area (Å²) in [6.07, 6.45) is 3.66. The zero-order valence-corrected chi connectivity index (χ0v) is 16.8. The Hall–Kier alpha value is -3.25. The Labute approximate surface area is 170 Å². The number of ether oxygens (including phenoxy) is 2. The van der Waals surface area contributed by atoms with Gasteiger partial charge in [0.2, 0.25) is 0 Å². The highest BCUT2D eigenvalue weighted by Crippen LogP contribution is 2.30. The summed E-state index contributed by atoms with van der Waals surface area (Å²) in [4.78, 5) is 15.3. The molecule has 0 saturated carbocycles. The summed E-state index contributed by atoms with van der Waals surface area (Å²) in [5, 5.41) is 19.6. The summed E-state index contributed by atoms with van der Waals surface area (Å²) in [7, 11) is 2.98. The van der Waals surface area contributed by atoms with Crippen molar-refractivity contribution in [1.82, 2.24) is 4.90 Å². The molecule has 0 atom stereocenters. The smallest absolute Gasteiger partial charge is 0.187 e. The van der Waals surface area contributed by atoms with Crippen LogP contribution in [-0.2, 0) is 4.79 Å². The van der Waals surface area contributed by atoms with E-state index in [4.69, 9.17) is 9.47 Å². The van der Waals surface area contributed by atoms with Gasteiger partial charge in [0.15, 0.2) is 28.8 Å². The molecule has 0 aromatic heterocycles. The third-order valence-corrected chi connectivity index (χ3v) is 4.91. The van der Waals surface area contributed by atoms with Crippen LogP contribution >= 0.6 is 0 Å². The third kappa shape index (κ3) is 4.60. The lowest BCUT2D eigenvalue weighted by Gasteiger charge is -2.28. The van der Waals surface area contributed by atoms with Crippen molar-refractivity contribution < 1.29 is 24.5 Å². The van der Waals surface area contributed by atoms with E-state index in [-0.39, 0.29) is 17.3 Å². The van der Waals surface area contributed by atoms with Crippen LogP contribution in [0.3, 0.4) is 0 Å². The Balaban J connectivity index is 1.97. The molecule has 2 aromatic rings. The number of phenolic OH excluding ortho intramolecular Hbond substituents is 2. The number of Topliss-reactive ketones (excluding diaryl/α,β-unsaturated/α-hetero) is 1. The molecule has 0 radical (unpaired) electrons. The number of likely N-dealkylation sites (N-methyl/N-ethyl adjacent to an activating group) is 1. The number of piperidine rings is 1. The van der Waals surface area contributed by atoms with E-state index in [0.29, 0.717) is 35.7 Å². The average Bonchev–Trinajstić information content (AvgIpc) is 2.73. The second-order valence-electron chi connectivity index (χ2n) is 6.83. The van der Waals surface area contributed by atoms with E-state index in [1.54, 1.807) is 36.4 Å². The van der Waals surface area contributed by atoms with Gasteiger partial charge in [-0.15, -0.1) is 0 Å². The molecular weight excluding hydrogens is 370 g/mol. The predicted octanol–water partition coefficient (Wildman–Crippen LogP) is 3.49. The number of methoxy groups -OCH3 is 2. The Morgan fingerprint density at radius 3 is 1.72 bits per heavy atom. The van der Waals surface area contributed by atoms with Gasteiger partial charge in [0, 0.05) is 24.2 Å². The first-order valence-electron chi connectivity index (χ1n) is 9.37. The van der Waals surface area contributed by atoms with E-state index in [1.165, 1.54) is 14.2 Å². The summed E-state index contributed by atoms with van der Waals surface area (Å²) in [5.74, 6) is 0.820. The van der Waals surface area contributed by atoms with Crippen LogP contribution in [0.2, 0.25) is 0 Å². The van der Waals surface area contributed by atoms with Gasteiger partial charge in [-0.2, -0.15) is 0 Å². The highest BCUT2D eigenvalue weighted by Gasteiger charge is 2.25. The van der Waals surface area contributed by atoms with Crippen LogP contribution in [0.5, 0.6) is 23.0 Å². The molecule has 6 heteroatoms. The number of ketones is 1. The van der Waals surface area contributed by atoms with Crippen LogP contribution in [0.25, 0.3) is 12.2 Å². The molecular formula is C23H25NO5. The lowest BCUT2D eigenvalue weighted by Crippen LogP contribution is -2.37. The number of hydrogen-bond donors (Lipinski definition) is 2. The van der Waals surface area contributed by atoms with E-state index in [1.807, 2.05) is 12.2 Å². The van der Waals surface area contributed by atoms with Crippen molar-refractivity contribution in [3.8, 4) is 23.0 Å². The van der Waals surface area contributed by atoms with Crippen LogP contribution in [0.15, 0.2) is 47.5 Å². The molecule has 1 fully saturated rings. The molecule has 152 valence electrons. The number of likely N-dealkylation sites (tertiary alicyclic amines) is 1. The molecule has 0 spiro atoms. The van der Waals surface area contributed by atoms with Gasteiger partial charge in [0.05, 0.1) is 14.2 Å². The minimum Gasteiger partial charge on any atom is -0.504 e. The summed E-state index contributed by atoms with van der Waals surface area (Å²) in [5.41, 5.74) is 2.91. The van der Waals surface area contributed by atoms with Crippen molar-refractivity contribution in [3.05, 3.63) is 58.7 Å². The summed E-state index contributed by atoms with van der Waals surface area (Å²) >= 11 is 0. The standard InChI is InChI=1S/C23H25NO5/c1-4-24-13-17(9-15-5-7-19(25)21(11-15)28-2)23(27)18(14-24)10-16-6-8-20(26)22(12-16)29-3/h5-12,25-26H,4,13-14H2,1-3H3/b17-9+,18-10+. The topological polar surface area (TPSA) is 79.2 Å². The van der Waals surface area contributed by atoms with Gasteiger partial charge in [-0.3, -0.25) is 9.69 Å². The Morgan fingerprint density at radius 2 is 1.34 bits per heavy atom. The molecule has 0 aliphatic carbocycles. The van der Waals surface area contributed by atoms with Gasteiger partial charge >= 0.3 is 0 Å². The van der Waals surface area contributed by atoms with Crippen molar-refractivity contribution in [3.63, 3.8) is 0 Å². The van der Waals surface area contributed by atoms with E-state index >= 15 is 0 Å². The number of benzene rings is 2. The van der Waals surface area contributed by atoms with Crippen molar-refractivity contribution in [1.29, 1.82) is 0 Å². The second kappa shape index (κ2) is 8.84. The number of hydrogen-bond acceptors (Lipinski definition) is 6. The normalized spacial score (nSPS) is 17.7. The molecule has 1 saturated heterocycles. The minimum absolute atomic E-state index is 0.0196. The Bertz CT molecular complexity index is 902. The minimum atomic E-state index is -0.0196. The van der Waals surface area contributed by atoms with Crippen molar-refractivity contribution in [2.45, 2.75) is 6.92 Å². The third-order valence-electron chi connectivity index (χ3n) is 4.91. The number of phenols is 2. The van der Waals surface area contributed by atoms with Gasteiger partial charge in [0.1, 0.15) is 0 Å². The maximum absolute atomic E-state index is 13.1. The van der Waals surface area contributed by atoms with E-state index in [2.05, 4.69) is 11.8 Å². The second-order valence-corrected chi connectivity index (χ2v) is 6.83. The fraction of sp³-hybridized carbons (Fsp3) is 0.261. The molecule has 0 bridgehead atoms. The van der Waals surface area contributed by atoms with Gasteiger partial charge < -0.3 is 19.7 Å². The predicted molar refractivity (Wildman–Crippen MR) is 112 cm³/mol. The van der Waals surface area contributed by atoms with Gasteiger partial charge in [-0.05, 0) is 54.1 Å². The van der Waals surface area contributed by atoms with Crippen LogP contribution in [-0.4, -0.2) is 54.8 Å². The molecule has 0 unspecified atom stereocenters. The first-order valence-corrected chi connectivity index (χ1v) is 9.37. The van der Waals surface area contributed by atoms with Crippen LogP contribution in [0.4, 0.5) is 0 Å². The fourth-order valence-corrected chi connectivity index (χ4v) is 3.30. The number of rotatable bonds is 5. The summed E-state index contributed by atoms with van der Waals surface area (Å²) in [6.45, 7) is 3.96. The van der Waals surface area contributed by atoms with Gasteiger partial charge in [0.25, 0.3) is 0 Å². The number of aromatic hydroxyl groups is 2. The highest BCUT2D eigenvalue weighted by molar-refractivity contribution is 6.14. The summed E-state index contributed by atoms with van der Waals surface area (Å²) < 4.78 is 10.3. The lowest BCUT2D eigenvalue weighted by atomic mass is 9.94. The maximum Gasteiger partial charge on any atom is 0.187 e. The molecule has 1 aliphatic heterocycles. The Morgan fingerprint density at radius 1 is 0.897 bits per heavy atom.